The van der Waals surface area contributed by atoms with Gasteiger partial charge in [-0.15, -0.1) is 10.2 Å². The minimum absolute atomic E-state index is 0.947. The van der Waals surface area contributed by atoms with Crippen molar-refractivity contribution in [3.8, 4) is 0 Å². The van der Waals surface area contributed by atoms with Crippen LogP contribution in [-0.4, -0.2) is 34.7 Å². The molecule has 1 saturated heterocycles. The molecule has 5 heteroatoms. The monoisotopic (exact) mass is 294 g/mol. The maximum absolute atomic E-state index is 4.33. The van der Waals surface area contributed by atoms with Gasteiger partial charge < -0.3 is 5.32 Å². The Labute approximate surface area is 126 Å². The van der Waals surface area contributed by atoms with E-state index in [1.165, 1.54) is 45.2 Å². The number of hydrogen-bond donors (Lipinski definition) is 1. The average Bonchev–Trinajstić information content (AvgIpc) is 2.92. The fraction of sp³-hybridized carbons (Fsp3) is 0.867. The number of nitrogens with zero attached hydrogens (tertiary/aromatic N) is 3. The van der Waals surface area contributed by atoms with E-state index in [9.17, 15) is 0 Å². The SMILES string of the molecule is CCCNc1nnc(CN2CCC3CCCCC3C2)s1. The molecule has 0 aromatic carbocycles. The van der Waals surface area contributed by atoms with Gasteiger partial charge in [-0.05, 0) is 37.6 Å². The zero-order chi connectivity index (χ0) is 13.8. The molecule has 2 aliphatic rings. The molecule has 3 rings (SSSR count). The quantitative estimate of drug-likeness (QED) is 0.904. The van der Waals surface area contributed by atoms with E-state index < -0.39 is 0 Å². The van der Waals surface area contributed by atoms with E-state index >= 15 is 0 Å². The van der Waals surface area contributed by atoms with Crippen LogP contribution in [0.3, 0.4) is 0 Å². The highest BCUT2D eigenvalue weighted by Crippen LogP contribution is 2.36. The maximum Gasteiger partial charge on any atom is 0.205 e. The van der Waals surface area contributed by atoms with E-state index in [2.05, 4.69) is 27.3 Å². The highest BCUT2D eigenvalue weighted by Gasteiger charge is 2.31. The molecule has 1 aliphatic carbocycles. The molecule has 0 radical (unpaired) electrons. The summed E-state index contributed by atoms with van der Waals surface area (Å²) in [4.78, 5) is 2.59. The summed E-state index contributed by atoms with van der Waals surface area (Å²) >= 11 is 1.72. The van der Waals surface area contributed by atoms with Crippen molar-refractivity contribution in [2.24, 2.45) is 11.8 Å². The Kier molecular flexibility index (Phi) is 4.89. The van der Waals surface area contributed by atoms with Crippen LogP contribution in [0.4, 0.5) is 5.13 Å². The van der Waals surface area contributed by atoms with Gasteiger partial charge >= 0.3 is 0 Å². The molecule has 1 aromatic rings. The number of piperidine rings is 1. The number of aromatic nitrogens is 2. The van der Waals surface area contributed by atoms with Gasteiger partial charge in [0.05, 0.1) is 6.54 Å². The van der Waals surface area contributed by atoms with Gasteiger partial charge in [-0.25, -0.2) is 0 Å². The lowest BCUT2D eigenvalue weighted by Crippen LogP contribution is -2.41. The lowest BCUT2D eigenvalue weighted by Gasteiger charge is -2.41. The smallest absolute Gasteiger partial charge is 0.205 e. The van der Waals surface area contributed by atoms with Crippen molar-refractivity contribution in [3.63, 3.8) is 0 Å². The van der Waals surface area contributed by atoms with Crippen LogP contribution in [0.5, 0.6) is 0 Å². The van der Waals surface area contributed by atoms with Crippen LogP contribution in [0.2, 0.25) is 0 Å². The first-order valence-electron chi connectivity index (χ1n) is 8.13. The van der Waals surface area contributed by atoms with Crippen LogP contribution >= 0.6 is 11.3 Å². The minimum atomic E-state index is 0.947. The molecule has 4 nitrogen and oxygen atoms in total. The van der Waals surface area contributed by atoms with Crippen molar-refractivity contribution >= 4 is 16.5 Å². The number of nitrogens with one attached hydrogen (secondary N) is 1. The Morgan fingerprint density at radius 2 is 2.05 bits per heavy atom. The van der Waals surface area contributed by atoms with Crippen LogP contribution in [-0.2, 0) is 6.54 Å². The second-order valence-corrected chi connectivity index (χ2v) is 7.32. The molecule has 0 bridgehead atoms. The number of anilines is 1. The molecular formula is C15H26N4S. The zero-order valence-electron chi connectivity index (χ0n) is 12.5. The maximum atomic E-state index is 4.33. The van der Waals surface area contributed by atoms with E-state index in [0.29, 0.717) is 0 Å². The molecule has 2 atom stereocenters. The van der Waals surface area contributed by atoms with Gasteiger partial charge in [0.15, 0.2) is 0 Å². The summed E-state index contributed by atoms with van der Waals surface area (Å²) in [6.45, 7) is 6.68. The summed E-state index contributed by atoms with van der Waals surface area (Å²) in [5, 5.41) is 14.0. The molecule has 2 heterocycles. The third-order valence-corrected chi connectivity index (χ3v) is 5.59. The van der Waals surface area contributed by atoms with Crippen molar-refractivity contribution in [2.75, 3.05) is 25.0 Å². The van der Waals surface area contributed by atoms with Crippen molar-refractivity contribution in [3.05, 3.63) is 5.01 Å². The normalized spacial score (nSPS) is 27.2. The molecule has 20 heavy (non-hydrogen) atoms. The van der Waals surface area contributed by atoms with Gasteiger partial charge in [-0.1, -0.05) is 37.5 Å². The van der Waals surface area contributed by atoms with Crippen LogP contribution in [0.1, 0.15) is 50.5 Å². The van der Waals surface area contributed by atoms with E-state index in [1.807, 2.05) is 0 Å². The van der Waals surface area contributed by atoms with Gasteiger partial charge in [0.25, 0.3) is 0 Å². The van der Waals surface area contributed by atoms with Crippen LogP contribution in [0.25, 0.3) is 0 Å². The highest BCUT2D eigenvalue weighted by atomic mass is 32.1. The topological polar surface area (TPSA) is 41.1 Å². The zero-order valence-corrected chi connectivity index (χ0v) is 13.3. The lowest BCUT2D eigenvalue weighted by molar-refractivity contribution is 0.0819. The second-order valence-electron chi connectivity index (χ2n) is 6.26. The van der Waals surface area contributed by atoms with E-state index in [0.717, 1.165) is 41.5 Å². The van der Waals surface area contributed by atoms with Crippen molar-refractivity contribution < 1.29 is 0 Å². The molecule has 1 N–H and O–H groups in total. The third kappa shape index (κ3) is 3.50. The van der Waals surface area contributed by atoms with Crippen LogP contribution in [0, 0.1) is 11.8 Å². The number of likely N-dealkylation sites (tertiary alicyclic amines) is 1. The van der Waals surface area contributed by atoms with E-state index in [4.69, 9.17) is 0 Å². The predicted octanol–water partition coefficient (Wildman–Crippen LogP) is 3.37. The Morgan fingerprint density at radius 3 is 2.90 bits per heavy atom. The molecule has 0 spiro atoms. The number of hydrogen-bond acceptors (Lipinski definition) is 5. The Morgan fingerprint density at radius 1 is 1.20 bits per heavy atom. The molecular weight excluding hydrogens is 268 g/mol. The standard InChI is InChI=1S/C15H26N4S/c1-2-8-16-15-18-17-14(20-15)11-19-9-7-12-5-3-4-6-13(12)10-19/h12-13H,2-11H2,1H3,(H,16,18). The van der Waals surface area contributed by atoms with Gasteiger partial charge in [0.1, 0.15) is 5.01 Å². The fourth-order valence-corrected chi connectivity index (χ4v) is 4.44. The molecule has 1 aromatic heterocycles. The molecule has 1 saturated carbocycles. The summed E-state index contributed by atoms with van der Waals surface area (Å²) in [6, 6.07) is 0. The summed E-state index contributed by atoms with van der Waals surface area (Å²) in [6.07, 6.45) is 8.35. The third-order valence-electron chi connectivity index (χ3n) is 4.73. The first-order chi connectivity index (χ1) is 9.85. The van der Waals surface area contributed by atoms with E-state index in [-0.39, 0.29) is 0 Å². The van der Waals surface area contributed by atoms with Gasteiger partial charge in [-0.3, -0.25) is 4.90 Å². The van der Waals surface area contributed by atoms with Gasteiger partial charge in [0.2, 0.25) is 5.13 Å². The van der Waals surface area contributed by atoms with E-state index in [1.54, 1.807) is 11.3 Å². The van der Waals surface area contributed by atoms with Crippen molar-refractivity contribution in [1.82, 2.24) is 15.1 Å². The Bertz CT molecular complexity index is 420. The van der Waals surface area contributed by atoms with Crippen molar-refractivity contribution in [2.45, 2.75) is 52.0 Å². The second kappa shape index (κ2) is 6.85. The Balaban J connectivity index is 1.51. The van der Waals surface area contributed by atoms with Gasteiger partial charge in [-0.2, -0.15) is 0 Å². The predicted molar refractivity (Wildman–Crippen MR) is 84.0 cm³/mol. The summed E-state index contributed by atoms with van der Waals surface area (Å²) in [5.41, 5.74) is 0. The minimum Gasteiger partial charge on any atom is -0.360 e. The number of rotatable bonds is 5. The molecule has 112 valence electrons. The fourth-order valence-electron chi connectivity index (χ4n) is 3.63. The molecule has 2 unspecified atom stereocenters. The highest BCUT2D eigenvalue weighted by molar-refractivity contribution is 7.15. The first-order valence-corrected chi connectivity index (χ1v) is 8.95. The first kappa shape index (κ1) is 14.3. The summed E-state index contributed by atoms with van der Waals surface area (Å²) < 4.78 is 0. The van der Waals surface area contributed by atoms with Crippen LogP contribution < -0.4 is 5.32 Å². The number of fused-ring (bicyclic) bond motifs is 1. The summed E-state index contributed by atoms with van der Waals surface area (Å²) in [7, 11) is 0. The Hall–Kier alpha value is -0.680. The van der Waals surface area contributed by atoms with Gasteiger partial charge in [0, 0.05) is 13.1 Å². The van der Waals surface area contributed by atoms with Crippen LogP contribution in [0.15, 0.2) is 0 Å². The largest absolute Gasteiger partial charge is 0.360 e. The summed E-state index contributed by atoms with van der Waals surface area (Å²) in [5.74, 6) is 1.96. The lowest BCUT2D eigenvalue weighted by atomic mass is 9.75. The van der Waals surface area contributed by atoms with Crippen molar-refractivity contribution in [1.29, 1.82) is 0 Å². The molecule has 0 amide bonds. The average molecular weight is 294 g/mol. The molecule has 2 fully saturated rings. The molecule has 1 aliphatic heterocycles.